The molecule has 98 valence electrons. The van der Waals surface area contributed by atoms with Crippen LogP contribution < -0.4 is 4.90 Å². The van der Waals surface area contributed by atoms with E-state index in [4.69, 9.17) is 10.4 Å². The van der Waals surface area contributed by atoms with E-state index in [9.17, 15) is 4.79 Å². The number of benzene rings is 1. The van der Waals surface area contributed by atoms with Gasteiger partial charge in [0.2, 0.25) is 0 Å². The highest BCUT2D eigenvalue weighted by atomic mass is 16.4. The molecular weight excluding hydrogens is 256 g/mol. The lowest BCUT2D eigenvalue weighted by Crippen LogP contribution is -2.17. The van der Waals surface area contributed by atoms with Crippen LogP contribution in [0.3, 0.4) is 0 Å². The topological polar surface area (TPSA) is 90.1 Å². The van der Waals surface area contributed by atoms with Gasteiger partial charge < -0.3 is 10.0 Å². The second kappa shape index (κ2) is 4.63. The van der Waals surface area contributed by atoms with Crippen molar-refractivity contribution in [3.63, 3.8) is 0 Å². The summed E-state index contributed by atoms with van der Waals surface area (Å²) in [6.07, 6.45) is 1.48. The molecule has 0 atom stereocenters. The van der Waals surface area contributed by atoms with Crippen LogP contribution in [0.25, 0.3) is 0 Å². The summed E-state index contributed by atoms with van der Waals surface area (Å²) < 4.78 is 0. The summed E-state index contributed by atoms with van der Waals surface area (Å²) in [6.45, 7) is 1.13. The molecule has 0 aliphatic carbocycles. The third-order valence-electron chi connectivity index (χ3n) is 3.30. The SMILES string of the molecule is N#Cc1ccnnc1N1Cc2ccc(C(=O)O)cc2C1. The molecule has 6 nitrogen and oxygen atoms in total. The van der Waals surface area contributed by atoms with Crippen molar-refractivity contribution in [3.8, 4) is 6.07 Å². The zero-order chi connectivity index (χ0) is 14.1. The molecule has 0 unspecified atom stereocenters. The number of fused-ring (bicyclic) bond motifs is 1. The summed E-state index contributed by atoms with van der Waals surface area (Å²) >= 11 is 0. The van der Waals surface area contributed by atoms with Crippen LogP contribution >= 0.6 is 0 Å². The molecule has 0 fully saturated rings. The second-order valence-electron chi connectivity index (χ2n) is 4.52. The summed E-state index contributed by atoms with van der Waals surface area (Å²) in [7, 11) is 0. The maximum Gasteiger partial charge on any atom is 0.335 e. The Morgan fingerprint density at radius 1 is 1.30 bits per heavy atom. The van der Waals surface area contributed by atoms with Crippen molar-refractivity contribution in [2.45, 2.75) is 13.1 Å². The van der Waals surface area contributed by atoms with Gasteiger partial charge in [-0.2, -0.15) is 10.4 Å². The molecule has 3 rings (SSSR count). The summed E-state index contributed by atoms with van der Waals surface area (Å²) in [4.78, 5) is 12.9. The minimum atomic E-state index is -0.941. The summed E-state index contributed by atoms with van der Waals surface area (Å²) in [5, 5.41) is 25.9. The van der Waals surface area contributed by atoms with Crippen molar-refractivity contribution in [2.24, 2.45) is 0 Å². The van der Waals surface area contributed by atoms with E-state index in [0.717, 1.165) is 11.1 Å². The van der Waals surface area contributed by atoms with Gasteiger partial charge in [-0.3, -0.25) is 0 Å². The fourth-order valence-corrected chi connectivity index (χ4v) is 2.32. The Morgan fingerprint density at radius 2 is 2.10 bits per heavy atom. The van der Waals surface area contributed by atoms with Crippen molar-refractivity contribution in [2.75, 3.05) is 4.90 Å². The number of rotatable bonds is 2. The Hall–Kier alpha value is -2.94. The Morgan fingerprint density at radius 3 is 2.85 bits per heavy atom. The van der Waals surface area contributed by atoms with Crippen molar-refractivity contribution in [1.82, 2.24) is 10.2 Å². The lowest BCUT2D eigenvalue weighted by molar-refractivity contribution is 0.0697. The van der Waals surface area contributed by atoms with Gasteiger partial charge in [0.15, 0.2) is 5.82 Å². The maximum absolute atomic E-state index is 11.0. The number of anilines is 1. The number of hydrogen-bond acceptors (Lipinski definition) is 5. The number of nitrogens with zero attached hydrogens (tertiary/aromatic N) is 4. The predicted molar refractivity (Wildman–Crippen MR) is 70.0 cm³/mol. The molecule has 0 saturated heterocycles. The number of carbonyl (C=O) groups is 1. The van der Waals surface area contributed by atoms with Gasteiger partial charge in [0, 0.05) is 13.1 Å². The highest BCUT2D eigenvalue weighted by molar-refractivity contribution is 5.88. The van der Waals surface area contributed by atoms with E-state index in [1.807, 2.05) is 4.90 Å². The van der Waals surface area contributed by atoms with Crippen LogP contribution in [-0.2, 0) is 13.1 Å². The van der Waals surface area contributed by atoms with E-state index in [2.05, 4.69) is 16.3 Å². The summed E-state index contributed by atoms with van der Waals surface area (Å²) in [5.74, 6) is -0.411. The molecule has 0 saturated carbocycles. The molecule has 2 heterocycles. The molecule has 1 aliphatic rings. The fourth-order valence-electron chi connectivity index (χ4n) is 2.32. The van der Waals surface area contributed by atoms with Crippen LogP contribution in [0.4, 0.5) is 5.82 Å². The van der Waals surface area contributed by atoms with Crippen molar-refractivity contribution in [3.05, 3.63) is 52.7 Å². The van der Waals surface area contributed by atoms with Crippen LogP contribution in [0, 0.1) is 11.3 Å². The Labute approximate surface area is 114 Å². The number of nitriles is 1. The van der Waals surface area contributed by atoms with Gasteiger partial charge >= 0.3 is 5.97 Å². The zero-order valence-electron chi connectivity index (χ0n) is 10.4. The third kappa shape index (κ3) is 1.95. The van der Waals surface area contributed by atoms with E-state index in [1.165, 1.54) is 6.20 Å². The molecule has 0 bridgehead atoms. The van der Waals surface area contributed by atoms with Gasteiger partial charge in [0.05, 0.1) is 17.3 Å². The monoisotopic (exact) mass is 266 g/mol. The third-order valence-corrected chi connectivity index (χ3v) is 3.30. The van der Waals surface area contributed by atoms with E-state index in [0.29, 0.717) is 24.5 Å². The molecule has 1 aromatic carbocycles. The first-order valence-corrected chi connectivity index (χ1v) is 6.01. The smallest absolute Gasteiger partial charge is 0.335 e. The summed E-state index contributed by atoms with van der Waals surface area (Å²) in [5.41, 5.74) is 2.72. The standard InChI is InChI=1S/C14H10N4O2/c15-6-10-3-4-16-17-13(10)18-7-11-2-1-9(14(19)20)5-12(11)8-18/h1-5H,7-8H2,(H,19,20). The molecule has 2 aromatic rings. The van der Waals surface area contributed by atoms with E-state index in [1.54, 1.807) is 24.3 Å². The van der Waals surface area contributed by atoms with Crippen molar-refractivity contribution < 1.29 is 9.90 Å². The van der Waals surface area contributed by atoms with Crippen LogP contribution in [0.5, 0.6) is 0 Å². The van der Waals surface area contributed by atoms with Crippen molar-refractivity contribution >= 4 is 11.8 Å². The maximum atomic E-state index is 11.0. The molecule has 1 aromatic heterocycles. The average molecular weight is 266 g/mol. The number of carboxylic acids is 1. The Bertz CT molecular complexity index is 736. The minimum Gasteiger partial charge on any atom is -0.478 e. The average Bonchev–Trinajstić information content (AvgIpc) is 2.89. The number of aromatic nitrogens is 2. The van der Waals surface area contributed by atoms with Crippen LogP contribution in [-0.4, -0.2) is 21.3 Å². The molecule has 0 amide bonds. The molecule has 20 heavy (non-hydrogen) atoms. The number of aromatic carboxylic acids is 1. The number of carboxylic acid groups (broad SMARTS) is 1. The fraction of sp³-hybridized carbons (Fsp3) is 0.143. The molecular formula is C14H10N4O2. The first-order valence-electron chi connectivity index (χ1n) is 6.01. The van der Waals surface area contributed by atoms with E-state index < -0.39 is 5.97 Å². The first-order chi connectivity index (χ1) is 9.69. The van der Waals surface area contributed by atoms with Gasteiger partial charge in [0.1, 0.15) is 6.07 Å². The van der Waals surface area contributed by atoms with Gasteiger partial charge in [-0.15, -0.1) is 5.10 Å². The molecule has 1 N–H and O–H groups in total. The van der Waals surface area contributed by atoms with Crippen LogP contribution in [0.2, 0.25) is 0 Å². The normalized spacial score (nSPS) is 12.8. The minimum absolute atomic E-state index is 0.269. The van der Waals surface area contributed by atoms with Crippen LogP contribution in [0.1, 0.15) is 27.0 Å². The Kier molecular flexibility index (Phi) is 2.80. The molecule has 0 spiro atoms. The van der Waals surface area contributed by atoms with E-state index in [-0.39, 0.29) is 5.56 Å². The van der Waals surface area contributed by atoms with Gasteiger partial charge in [0.25, 0.3) is 0 Å². The second-order valence-corrected chi connectivity index (χ2v) is 4.52. The van der Waals surface area contributed by atoms with Crippen LogP contribution in [0.15, 0.2) is 30.5 Å². The van der Waals surface area contributed by atoms with E-state index >= 15 is 0 Å². The quantitative estimate of drug-likeness (QED) is 0.887. The molecule has 6 heteroatoms. The van der Waals surface area contributed by atoms with Gasteiger partial charge in [-0.05, 0) is 29.3 Å². The molecule has 0 radical (unpaired) electrons. The van der Waals surface area contributed by atoms with Gasteiger partial charge in [-0.1, -0.05) is 6.07 Å². The largest absolute Gasteiger partial charge is 0.478 e. The first kappa shape index (κ1) is 12.1. The predicted octanol–water partition coefficient (Wildman–Crippen LogP) is 1.57. The summed E-state index contributed by atoms with van der Waals surface area (Å²) in [6, 6.07) is 8.77. The number of hydrogen-bond donors (Lipinski definition) is 1. The Balaban J connectivity index is 1.94. The highest BCUT2D eigenvalue weighted by Gasteiger charge is 2.23. The highest BCUT2D eigenvalue weighted by Crippen LogP contribution is 2.29. The van der Waals surface area contributed by atoms with Crippen molar-refractivity contribution in [1.29, 1.82) is 5.26 Å². The molecule has 1 aliphatic heterocycles. The zero-order valence-corrected chi connectivity index (χ0v) is 10.4. The van der Waals surface area contributed by atoms with Gasteiger partial charge in [-0.25, -0.2) is 4.79 Å². The lowest BCUT2D eigenvalue weighted by atomic mass is 10.1. The lowest BCUT2D eigenvalue weighted by Gasteiger charge is -2.16.